The summed E-state index contributed by atoms with van der Waals surface area (Å²) in [6, 6.07) is 13.2. The van der Waals surface area contributed by atoms with Gasteiger partial charge in [-0.15, -0.1) is 0 Å². The van der Waals surface area contributed by atoms with Gasteiger partial charge in [-0.25, -0.2) is 0 Å². The van der Waals surface area contributed by atoms with Gasteiger partial charge in [0.1, 0.15) is 11.3 Å². The molecular weight excluding hydrogens is 308 g/mol. The van der Waals surface area contributed by atoms with Gasteiger partial charge in [-0.05, 0) is 42.0 Å². The molecule has 0 unspecified atom stereocenters. The Morgan fingerprint density at radius 1 is 0.958 bits per heavy atom. The number of carbonyl (C=O) groups excluding carboxylic acids is 1. The summed E-state index contributed by atoms with van der Waals surface area (Å²) in [6.07, 6.45) is 0.239. The van der Waals surface area contributed by atoms with Crippen molar-refractivity contribution in [2.75, 3.05) is 21.3 Å². The monoisotopic (exact) mass is 326 g/mol. The highest BCUT2D eigenvalue weighted by Crippen LogP contribution is 2.34. The molecule has 1 aromatic heterocycles. The lowest BCUT2D eigenvalue weighted by molar-refractivity contribution is -0.139. The van der Waals surface area contributed by atoms with Gasteiger partial charge >= 0.3 is 5.97 Å². The number of hydrogen-bond donors (Lipinski definition) is 0. The Hall–Kier alpha value is -2.95. The number of carbonyl (C=O) groups is 1. The van der Waals surface area contributed by atoms with Crippen molar-refractivity contribution < 1.29 is 23.4 Å². The molecule has 0 atom stereocenters. The molecule has 0 saturated carbocycles. The van der Waals surface area contributed by atoms with Crippen molar-refractivity contribution in [2.24, 2.45) is 0 Å². The standard InChI is InChI=1S/C19H18O5/c1-21-16-7-5-13(10-18(16)22-2)17-11-14-8-12(9-19(20)23-3)4-6-15(14)24-17/h4-8,10-11H,9H2,1-3H3. The number of hydrogen-bond acceptors (Lipinski definition) is 5. The summed E-state index contributed by atoms with van der Waals surface area (Å²) in [4.78, 5) is 11.4. The highest BCUT2D eigenvalue weighted by atomic mass is 16.5. The van der Waals surface area contributed by atoms with E-state index in [2.05, 4.69) is 0 Å². The van der Waals surface area contributed by atoms with Crippen LogP contribution in [0.5, 0.6) is 11.5 Å². The van der Waals surface area contributed by atoms with Crippen LogP contribution < -0.4 is 9.47 Å². The molecule has 5 heteroatoms. The first-order valence-corrected chi connectivity index (χ1v) is 7.46. The number of ether oxygens (including phenoxy) is 3. The molecule has 0 bridgehead atoms. The fourth-order valence-corrected chi connectivity index (χ4v) is 2.57. The lowest BCUT2D eigenvalue weighted by atomic mass is 10.1. The molecule has 0 aliphatic rings. The Morgan fingerprint density at radius 3 is 2.46 bits per heavy atom. The second kappa shape index (κ2) is 6.66. The Kier molecular flexibility index (Phi) is 4.42. The first-order chi connectivity index (χ1) is 11.6. The molecule has 0 spiro atoms. The van der Waals surface area contributed by atoms with E-state index >= 15 is 0 Å². The molecule has 0 aliphatic heterocycles. The van der Waals surface area contributed by atoms with Gasteiger partial charge < -0.3 is 18.6 Å². The third kappa shape index (κ3) is 3.06. The van der Waals surface area contributed by atoms with Gasteiger partial charge in [0.25, 0.3) is 0 Å². The van der Waals surface area contributed by atoms with E-state index < -0.39 is 0 Å². The third-order valence-electron chi connectivity index (χ3n) is 3.82. The predicted molar refractivity (Wildman–Crippen MR) is 90.5 cm³/mol. The second-order valence-electron chi connectivity index (χ2n) is 5.31. The number of fused-ring (bicyclic) bond motifs is 1. The first kappa shape index (κ1) is 15.9. The molecule has 0 saturated heterocycles. The second-order valence-corrected chi connectivity index (χ2v) is 5.31. The minimum Gasteiger partial charge on any atom is -0.493 e. The molecule has 124 valence electrons. The largest absolute Gasteiger partial charge is 0.493 e. The van der Waals surface area contributed by atoms with Crippen LogP contribution >= 0.6 is 0 Å². The van der Waals surface area contributed by atoms with Crippen LogP contribution in [-0.4, -0.2) is 27.3 Å². The predicted octanol–water partition coefficient (Wildman–Crippen LogP) is 3.83. The Balaban J connectivity index is 1.97. The van der Waals surface area contributed by atoms with Crippen LogP contribution in [-0.2, 0) is 16.0 Å². The van der Waals surface area contributed by atoms with E-state index in [1.165, 1.54) is 7.11 Å². The maximum absolute atomic E-state index is 11.4. The van der Waals surface area contributed by atoms with Crippen LogP contribution in [0.15, 0.2) is 46.9 Å². The molecule has 0 N–H and O–H groups in total. The number of rotatable bonds is 5. The Labute approximate surface area is 139 Å². The van der Waals surface area contributed by atoms with Gasteiger partial charge in [-0.3, -0.25) is 4.79 Å². The van der Waals surface area contributed by atoms with Crippen molar-refractivity contribution in [1.29, 1.82) is 0 Å². The summed E-state index contributed by atoms with van der Waals surface area (Å²) in [5.41, 5.74) is 2.53. The number of methoxy groups -OCH3 is 3. The zero-order valence-electron chi connectivity index (χ0n) is 13.8. The molecule has 0 radical (unpaired) electrons. The minimum absolute atomic E-state index is 0.239. The summed E-state index contributed by atoms with van der Waals surface area (Å²) < 4.78 is 21.2. The molecule has 0 fully saturated rings. The van der Waals surface area contributed by atoms with Crippen LogP contribution in [0.2, 0.25) is 0 Å². The highest BCUT2D eigenvalue weighted by Gasteiger charge is 2.11. The lowest BCUT2D eigenvalue weighted by Gasteiger charge is -2.08. The molecule has 2 aromatic carbocycles. The first-order valence-electron chi connectivity index (χ1n) is 7.46. The summed E-state index contributed by atoms with van der Waals surface area (Å²) in [5, 5.41) is 0.932. The molecule has 0 aliphatic carbocycles. The normalized spacial score (nSPS) is 10.6. The number of benzene rings is 2. The average molecular weight is 326 g/mol. The zero-order valence-corrected chi connectivity index (χ0v) is 13.8. The molecule has 3 aromatic rings. The van der Waals surface area contributed by atoms with Gasteiger partial charge in [0, 0.05) is 10.9 Å². The van der Waals surface area contributed by atoms with Crippen LogP contribution in [0.3, 0.4) is 0 Å². The molecular formula is C19H18O5. The Morgan fingerprint density at radius 2 is 1.75 bits per heavy atom. The average Bonchev–Trinajstić information content (AvgIpc) is 3.04. The van der Waals surface area contributed by atoms with Crippen molar-refractivity contribution in [3.05, 3.63) is 48.0 Å². The third-order valence-corrected chi connectivity index (χ3v) is 3.82. The highest BCUT2D eigenvalue weighted by molar-refractivity contribution is 5.85. The SMILES string of the molecule is COC(=O)Cc1ccc2oc(-c3ccc(OC)c(OC)c3)cc2c1. The molecule has 3 rings (SSSR count). The van der Waals surface area contributed by atoms with Gasteiger partial charge in [0.15, 0.2) is 11.5 Å². The van der Waals surface area contributed by atoms with E-state index in [9.17, 15) is 4.79 Å². The van der Waals surface area contributed by atoms with Crippen molar-refractivity contribution >= 4 is 16.9 Å². The van der Waals surface area contributed by atoms with Gasteiger partial charge in [-0.1, -0.05) is 6.07 Å². The number of furan rings is 1. The molecule has 24 heavy (non-hydrogen) atoms. The fourth-order valence-electron chi connectivity index (χ4n) is 2.57. The van der Waals surface area contributed by atoms with E-state index in [1.54, 1.807) is 14.2 Å². The maximum atomic E-state index is 11.4. The Bertz CT molecular complexity index is 879. The van der Waals surface area contributed by atoms with Crippen LogP contribution in [0, 0.1) is 0 Å². The van der Waals surface area contributed by atoms with Gasteiger partial charge in [0.05, 0.1) is 27.8 Å². The summed E-state index contributed by atoms with van der Waals surface area (Å²) in [5.74, 6) is 1.76. The minimum atomic E-state index is -0.266. The van der Waals surface area contributed by atoms with E-state index in [0.717, 1.165) is 27.9 Å². The molecule has 1 heterocycles. The van der Waals surface area contributed by atoms with Crippen LogP contribution in [0.25, 0.3) is 22.3 Å². The van der Waals surface area contributed by atoms with Crippen molar-refractivity contribution in [3.63, 3.8) is 0 Å². The fraction of sp³-hybridized carbons (Fsp3) is 0.211. The van der Waals surface area contributed by atoms with E-state index in [-0.39, 0.29) is 12.4 Å². The number of esters is 1. The van der Waals surface area contributed by atoms with Gasteiger partial charge in [0.2, 0.25) is 0 Å². The van der Waals surface area contributed by atoms with Crippen molar-refractivity contribution in [1.82, 2.24) is 0 Å². The quantitative estimate of drug-likeness (QED) is 0.667. The zero-order chi connectivity index (χ0) is 17.1. The van der Waals surface area contributed by atoms with E-state index in [0.29, 0.717) is 11.5 Å². The lowest BCUT2D eigenvalue weighted by Crippen LogP contribution is -2.03. The summed E-state index contributed by atoms with van der Waals surface area (Å²) in [7, 11) is 4.58. The summed E-state index contributed by atoms with van der Waals surface area (Å²) in [6.45, 7) is 0. The topological polar surface area (TPSA) is 57.9 Å². The molecule has 0 amide bonds. The van der Waals surface area contributed by atoms with E-state index in [1.807, 2.05) is 42.5 Å². The van der Waals surface area contributed by atoms with E-state index in [4.69, 9.17) is 18.6 Å². The van der Waals surface area contributed by atoms with Gasteiger partial charge in [-0.2, -0.15) is 0 Å². The molecule has 5 nitrogen and oxygen atoms in total. The maximum Gasteiger partial charge on any atom is 0.309 e. The van der Waals surface area contributed by atoms with Crippen molar-refractivity contribution in [2.45, 2.75) is 6.42 Å². The smallest absolute Gasteiger partial charge is 0.309 e. The summed E-state index contributed by atoms with van der Waals surface area (Å²) >= 11 is 0. The van der Waals surface area contributed by atoms with Crippen LogP contribution in [0.4, 0.5) is 0 Å². The van der Waals surface area contributed by atoms with Crippen LogP contribution in [0.1, 0.15) is 5.56 Å². The van der Waals surface area contributed by atoms with Crippen molar-refractivity contribution in [3.8, 4) is 22.8 Å².